The third-order valence-electron chi connectivity index (χ3n) is 3.48. The Labute approximate surface area is 134 Å². The van der Waals surface area contributed by atoms with E-state index in [0.29, 0.717) is 5.95 Å². The fraction of sp³-hybridized carbons (Fsp3) is 0.235. The summed E-state index contributed by atoms with van der Waals surface area (Å²) in [7, 11) is 0. The van der Waals surface area contributed by atoms with Crippen molar-refractivity contribution in [2.45, 2.75) is 24.7 Å². The quantitative estimate of drug-likeness (QED) is 0.739. The molecule has 0 bridgehead atoms. The van der Waals surface area contributed by atoms with Crippen molar-refractivity contribution in [2.75, 3.05) is 12.0 Å². The Morgan fingerprint density at radius 2 is 1.95 bits per heavy atom. The van der Waals surface area contributed by atoms with Crippen LogP contribution in [0, 0.1) is 0 Å². The summed E-state index contributed by atoms with van der Waals surface area (Å²) < 4.78 is 0. The molecule has 3 rings (SSSR count). The highest BCUT2D eigenvalue weighted by Gasteiger charge is 2.09. The van der Waals surface area contributed by atoms with Gasteiger partial charge >= 0.3 is 0 Å². The van der Waals surface area contributed by atoms with E-state index in [1.165, 1.54) is 4.90 Å². The zero-order valence-electron chi connectivity index (χ0n) is 12.7. The van der Waals surface area contributed by atoms with Crippen LogP contribution in [-0.4, -0.2) is 21.2 Å². The van der Waals surface area contributed by atoms with Gasteiger partial charge in [-0.2, -0.15) is 0 Å². The van der Waals surface area contributed by atoms with Crippen molar-refractivity contribution in [2.24, 2.45) is 0 Å². The van der Waals surface area contributed by atoms with Crippen molar-refractivity contribution in [3.05, 3.63) is 42.1 Å². The van der Waals surface area contributed by atoms with Crippen LogP contribution in [-0.2, 0) is 6.42 Å². The molecule has 22 heavy (non-hydrogen) atoms. The number of hydrogen-bond donors (Lipinski definition) is 1. The second kappa shape index (κ2) is 6.32. The van der Waals surface area contributed by atoms with E-state index in [1.54, 1.807) is 11.8 Å². The maximum atomic E-state index is 5.79. The molecule has 0 saturated carbocycles. The average Bonchev–Trinajstić information content (AvgIpc) is 2.55. The number of anilines is 1. The number of fused-ring (bicyclic) bond motifs is 1. The SMILES string of the molecule is CCCc1nc(N)nc2ccc(-c3cccc(SC)c3)nc12. The van der Waals surface area contributed by atoms with E-state index in [-0.39, 0.29) is 0 Å². The van der Waals surface area contributed by atoms with E-state index < -0.39 is 0 Å². The van der Waals surface area contributed by atoms with Gasteiger partial charge in [-0.3, -0.25) is 0 Å². The van der Waals surface area contributed by atoms with Crippen molar-refractivity contribution in [1.82, 2.24) is 15.0 Å². The number of benzene rings is 1. The van der Waals surface area contributed by atoms with Crippen LogP contribution in [0.3, 0.4) is 0 Å². The fourth-order valence-corrected chi connectivity index (χ4v) is 2.91. The Morgan fingerprint density at radius 3 is 2.73 bits per heavy atom. The number of pyridine rings is 1. The predicted octanol–water partition coefficient (Wildman–Crippen LogP) is 3.95. The summed E-state index contributed by atoms with van der Waals surface area (Å²) in [5.41, 5.74) is 10.4. The summed E-state index contributed by atoms with van der Waals surface area (Å²) in [5.74, 6) is 0.315. The number of nitrogens with zero attached hydrogens (tertiary/aromatic N) is 3. The zero-order valence-corrected chi connectivity index (χ0v) is 13.5. The van der Waals surface area contributed by atoms with Gasteiger partial charge in [0.2, 0.25) is 5.95 Å². The molecule has 4 nitrogen and oxygen atoms in total. The van der Waals surface area contributed by atoms with Crippen molar-refractivity contribution in [1.29, 1.82) is 0 Å². The van der Waals surface area contributed by atoms with Crippen molar-refractivity contribution in [3.63, 3.8) is 0 Å². The number of thioether (sulfide) groups is 1. The number of nitrogens with two attached hydrogens (primary N) is 1. The van der Waals surface area contributed by atoms with Crippen LogP contribution in [0.1, 0.15) is 19.0 Å². The van der Waals surface area contributed by atoms with Gasteiger partial charge in [-0.15, -0.1) is 11.8 Å². The highest BCUT2D eigenvalue weighted by atomic mass is 32.2. The smallest absolute Gasteiger partial charge is 0.220 e. The third kappa shape index (κ3) is 2.90. The highest BCUT2D eigenvalue weighted by molar-refractivity contribution is 7.98. The monoisotopic (exact) mass is 310 g/mol. The maximum absolute atomic E-state index is 5.79. The summed E-state index contributed by atoms with van der Waals surface area (Å²) in [6.45, 7) is 2.12. The van der Waals surface area contributed by atoms with Gasteiger partial charge in [-0.25, -0.2) is 15.0 Å². The molecule has 3 aromatic rings. The van der Waals surface area contributed by atoms with E-state index >= 15 is 0 Å². The Kier molecular flexibility index (Phi) is 4.24. The van der Waals surface area contributed by atoms with Gasteiger partial charge in [0.25, 0.3) is 0 Å². The van der Waals surface area contributed by atoms with Crippen LogP contribution >= 0.6 is 11.8 Å². The first-order chi connectivity index (χ1) is 10.7. The molecule has 0 unspecified atom stereocenters. The van der Waals surface area contributed by atoms with Gasteiger partial charge in [0.15, 0.2) is 0 Å². The van der Waals surface area contributed by atoms with Gasteiger partial charge in [-0.1, -0.05) is 25.5 Å². The minimum atomic E-state index is 0.315. The Bertz CT molecular complexity index is 817. The van der Waals surface area contributed by atoms with Crippen molar-refractivity contribution >= 4 is 28.7 Å². The standard InChI is InChI=1S/C17H18N4S/c1-3-5-14-16-15(21-17(18)20-14)9-8-13(19-16)11-6-4-7-12(10-11)22-2/h4,6-10H,3,5H2,1-2H3,(H2,18,20,21). The lowest BCUT2D eigenvalue weighted by Gasteiger charge is -2.08. The van der Waals surface area contributed by atoms with Crippen LogP contribution in [0.25, 0.3) is 22.3 Å². The molecule has 112 valence electrons. The van der Waals surface area contributed by atoms with Gasteiger partial charge < -0.3 is 5.73 Å². The first-order valence-corrected chi connectivity index (χ1v) is 8.51. The second-order valence-corrected chi connectivity index (χ2v) is 5.95. The zero-order chi connectivity index (χ0) is 15.5. The lowest BCUT2D eigenvalue weighted by atomic mass is 10.1. The Hall–Kier alpha value is -2.14. The van der Waals surface area contributed by atoms with Gasteiger partial charge in [-0.05, 0) is 36.9 Å². The maximum Gasteiger partial charge on any atom is 0.220 e. The van der Waals surface area contributed by atoms with E-state index in [2.05, 4.69) is 47.4 Å². The molecule has 0 aliphatic carbocycles. The molecular weight excluding hydrogens is 292 g/mol. The molecule has 0 aliphatic rings. The molecule has 2 aromatic heterocycles. The van der Waals surface area contributed by atoms with E-state index in [1.807, 2.05) is 12.1 Å². The molecule has 0 aliphatic heterocycles. The van der Waals surface area contributed by atoms with E-state index in [4.69, 9.17) is 10.7 Å². The van der Waals surface area contributed by atoms with Crippen LogP contribution in [0.5, 0.6) is 0 Å². The molecule has 2 N–H and O–H groups in total. The lowest BCUT2D eigenvalue weighted by molar-refractivity contribution is 0.885. The minimum Gasteiger partial charge on any atom is -0.368 e. The first kappa shape index (κ1) is 14.8. The summed E-state index contributed by atoms with van der Waals surface area (Å²) in [5, 5.41) is 0. The molecule has 0 spiro atoms. The van der Waals surface area contributed by atoms with Gasteiger partial charge in [0, 0.05) is 10.5 Å². The molecule has 0 radical (unpaired) electrons. The number of aromatic nitrogens is 3. The molecular formula is C17H18N4S. The number of rotatable bonds is 4. The molecule has 0 amide bonds. The molecule has 0 saturated heterocycles. The molecule has 0 fully saturated rings. The van der Waals surface area contributed by atoms with Crippen molar-refractivity contribution < 1.29 is 0 Å². The van der Waals surface area contributed by atoms with Crippen LogP contribution in [0.4, 0.5) is 5.95 Å². The molecule has 2 heterocycles. The summed E-state index contributed by atoms with van der Waals surface area (Å²) >= 11 is 1.73. The Balaban J connectivity index is 2.15. The van der Waals surface area contributed by atoms with Gasteiger partial charge in [0.05, 0.1) is 16.9 Å². The summed E-state index contributed by atoms with van der Waals surface area (Å²) in [6.07, 6.45) is 3.92. The molecule has 5 heteroatoms. The van der Waals surface area contributed by atoms with Crippen molar-refractivity contribution in [3.8, 4) is 11.3 Å². The minimum absolute atomic E-state index is 0.315. The fourth-order valence-electron chi connectivity index (χ4n) is 2.45. The van der Waals surface area contributed by atoms with Crippen LogP contribution in [0.2, 0.25) is 0 Å². The summed E-state index contributed by atoms with van der Waals surface area (Å²) in [4.78, 5) is 14.7. The summed E-state index contributed by atoms with van der Waals surface area (Å²) in [6, 6.07) is 12.3. The second-order valence-electron chi connectivity index (χ2n) is 5.07. The molecule has 1 aromatic carbocycles. The predicted molar refractivity (Wildman–Crippen MR) is 93.0 cm³/mol. The third-order valence-corrected chi connectivity index (χ3v) is 4.21. The van der Waals surface area contributed by atoms with Crippen LogP contribution in [0.15, 0.2) is 41.3 Å². The first-order valence-electron chi connectivity index (χ1n) is 7.29. The number of hydrogen-bond acceptors (Lipinski definition) is 5. The normalized spacial score (nSPS) is 11.0. The van der Waals surface area contributed by atoms with Crippen LogP contribution < -0.4 is 5.73 Å². The lowest BCUT2D eigenvalue weighted by Crippen LogP contribution is -2.02. The Morgan fingerprint density at radius 1 is 1.09 bits per heavy atom. The topological polar surface area (TPSA) is 64.7 Å². The van der Waals surface area contributed by atoms with E-state index in [0.717, 1.165) is 40.8 Å². The number of aryl methyl sites for hydroxylation is 1. The largest absolute Gasteiger partial charge is 0.368 e. The molecule has 0 atom stereocenters. The van der Waals surface area contributed by atoms with Gasteiger partial charge in [0.1, 0.15) is 5.52 Å². The number of nitrogen functional groups attached to an aromatic ring is 1. The average molecular weight is 310 g/mol. The van der Waals surface area contributed by atoms with E-state index in [9.17, 15) is 0 Å². The highest BCUT2D eigenvalue weighted by Crippen LogP contribution is 2.25.